The molecule has 1 aliphatic heterocycles. The summed E-state index contributed by atoms with van der Waals surface area (Å²) in [6, 6.07) is 17.0. The molecule has 4 rings (SSSR count). The first-order valence-corrected chi connectivity index (χ1v) is 8.27. The number of hydrogen-bond acceptors (Lipinski definition) is 5. The van der Waals surface area contributed by atoms with Gasteiger partial charge in [0, 0.05) is 29.2 Å². The summed E-state index contributed by atoms with van der Waals surface area (Å²) in [6.07, 6.45) is 9.98. The fourth-order valence-corrected chi connectivity index (χ4v) is 3.03. The van der Waals surface area contributed by atoms with Gasteiger partial charge in [0.25, 0.3) is 0 Å². The molecule has 0 spiro atoms. The molecule has 26 heavy (non-hydrogen) atoms. The lowest BCUT2D eigenvalue weighted by Crippen LogP contribution is -2.35. The summed E-state index contributed by atoms with van der Waals surface area (Å²) in [6.45, 7) is 0. The number of nitrogens with zero attached hydrogens (tertiary/aromatic N) is 4. The average Bonchev–Trinajstić information content (AvgIpc) is 2.74. The van der Waals surface area contributed by atoms with Gasteiger partial charge in [-0.3, -0.25) is 4.98 Å². The van der Waals surface area contributed by atoms with Gasteiger partial charge in [-0.05, 0) is 42.0 Å². The van der Waals surface area contributed by atoms with Crippen LogP contribution in [0, 0.1) is 0 Å². The van der Waals surface area contributed by atoms with E-state index < -0.39 is 6.04 Å². The minimum atomic E-state index is -0.450. The standard InChI is InChI=1S/C21H16N4O/c26-15-21-19(16-9-11-23-24-13-16)12-17(20-8-4-5-10-22-20)14-25(21)18-6-2-1-3-7-18/h1-15,21H. The van der Waals surface area contributed by atoms with Crippen LogP contribution in [0.4, 0.5) is 5.69 Å². The quantitative estimate of drug-likeness (QED) is 0.682. The summed E-state index contributed by atoms with van der Waals surface area (Å²) in [5.74, 6) is 0. The lowest BCUT2D eigenvalue weighted by molar-refractivity contribution is -0.107. The highest BCUT2D eigenvalue weighted by atomic mass is 16.1. The van der Waals surface area contributed by atoms with Crippen molar-refractivity contribution in [3.05, 3.63) is 96.7 Å². The molecule has 0 bridgehead atoms. The molecule has 3 heterocycles. The highest BCUT2D eigenvalue weighted by Gasteiger charge is 2.27. The summed E-state index contributed by atoms with van der Waals surface area (Å²) < 4.78 is 0. The third-order valence-corrected chi connectivity index (χ3v) is 4.27. The maximum atomic E-state index is 12.0. The Morgan fingerprint density at radius 3 is 2.46 bits per heavy atom. The van der Waals surface area contributed by atoms with Gasteiger partial charge in [0.05, 0.1) is 18.1 Å². The number of anilines is 1. The van der Waals surface area contributed by atoms with E-state index in [-0.39, 0.29) is 0 Å². The molecule has 0 N–H and O–H groups in total. The minimum Gasteiger partial charge on any atom is -0.333 e. The molecular weight excluding hydrogens is 324 g/mol. The first-order valence-electron chi connectivity index (χ1n) is 8.27. The molecule has 0 fully saturated rings. The van der Waals surface area contributed by atoms with E-state index in [0.717, 1.165) is 34.4 Å². The molecule has 5 heteroatoms. The van der Waals surface area contributed by atoms with E-state index in [9.17, 15) is 4.79 Å². The van der Waals surface area contributed by atoms with E-state index in [1.54, 1.807) is 18.6 Å². The number of pyridine rings is 1. The van der Waals surface area contributed by atoms with Crippen molar-refractivity contribution >= 4 is 23.1 Å². The second-order valence-corrected chi connectivity index (χ2v) is 5.85. The van der Waals surface area contributed by atoms with Gasteiger partial charge in [0.2, 0.25) is 0 Å². The van der Waals surface area contributed by atoms with Crippen LogP contribution in [0.2, 0.25) is 0 Å². The van der Waals surface area contributed by atoms with Crippen LogP contribution in [0.3, 0.4) is 0 Å². The predicted octanol–water partition coefficient (Wildman–Crippen LogP) is 3.38. The molecule has 1 atom stereocenters. The van der Waals surface area contributed by atoms with Crippen molar-refractivity contribution in [2.75, 3.05) is 4.90 Å². The maximum absolute atomic E-state index is 12.0. The number of aromatic nitrogens is 3. The zero-order valence-corrected chi connectivity index (χ0v) is 13.9. The first kappa shape index (κ1) is 15.9. The zero-order chi connectivity index (χ0) is 17.8. The number of carbonyl (C=O) groups is 1. The summed E-state index contributed by atoms with van der Waals surface area (Å²) in [4.78, 5) is 18.4. The monoisotopic (exact) mass is 340 g/mol. The molecule has 0 radical (unpaired) electrons. The Bertz CT molecular complexity index is 953. The van der Waals surface area contributed by atoms with Crippen LogP contribution in [0.1, 0.15) is 11.3 Å². The summed E-state index contributed by atoms with van der Waals surface area (Å²) >= 11 is 0. The fourth-order valence-electron chi connectivity index (χ4n) is 3.03. The molecule has 0 saturated heterocycles. The van der Waals surface area contributed by atoms with Crippen molar-refractivity contribution in [1.82, 2.24) is 15.2 Å². The van der Waals surface area contributed by atoms with E-state index in [1.807, 2.05) is 71.8 Å². The molecule has 5 nitrogen and oxygen atoms in total. The van der Waals surface area contributed by atoms with Gasteiger partial charge in [-0.2, -0.15) is 10.2 Å². The van der Waals surface area contributed by atoms with Crippen LogP contribution in [0.5, 0.6) is 0 Å². The highest BCUT2D eigenvalue weighted by Crippen LogP contribution is 2.34. The molecular formula is C21H16N4O. The van der Waals surface area contributed by atoms with Crippen LogP contribution < -0.4 is 4.90 Å². The molecule has 0 saturated carbocycles. The molecule has 1 aromatic carbocycles. The number of benzene rings is 1. The second-order valence-electron chi connectivity index (χ2n) is 5.85. The predicted molar refractivity (Wildman–Crippen MR) is 101 cm³/mol. The normalized spacial score (nSPS) is 16.6. The second kappa shape index (κ2) is 7.11. The van der Waals surface area contributed by atoms with Crippen molar-refractivity contribution in [1.29, 1.82) is 0 Å². The van der Waals surface area contributed by atoms with Crippen LogP contribution in [0.25, 0.3) is 11.1 Å². The van der Waals surface area contributed by atoms with E-state index in [0.29, 0.717) is 0 Å². The van der Waals surface area contributed by atoms with Gasteiger partial charge < -0.3 is 9.69 Å². The lowest BCUT2D eigenvalue weighted by Gasteiger charge is -2.33. The van der Waals surface area contributed by atoms with Crippen molar-refractivity contribution < 1.29 is 4.79 Å². The molecule has 3 aromatic rings. The van der Waals surface area contributed by atoms with Crippen molar-refractivity contribution in [3.63, 3.8) is 0 Å². The smallest absolute Gasteiger partial charge is 0.147 e. The number of allylic oxidation sites excluding steroid dienone is 2. The SMILES string of the molecule is O=CC1C(c2ccnnc2)=CC(c2ccccn2)=CN1c1ccccc1. The Labute approximate surface area is 151 Å². The third-order valence-electron chi connectivity index (χ3n) is 4.27. The van der Waals surface area contributed by atoms with E-state index in [1.165, 1.54) is 0 Å². The molecule has 0 aliphatic carbocycles. The number of para-hydroxylation sites is 1. The van der Waals surface area contributed by atoms with Gasteiger partial charge >= 0.3 is 0 Å². The lowest BCUT2D eigenvalue weighted by atomic mass is 9.93. The Balaban J connectivity index is 1.88. The number of rotatable bonds is 4. The van der Waals surface area contributed by atoms with Crippen LogP contribution in [-0.2, 0) is 4.79 Å². The van der Waals surface area contributed by atoms with Gasteiger partial charge in [-0.25, -0.2) is 0 Å². The summed E-state index contributed by atoms with van der Waals surface area (Å²) in [5.41, 5.74) is 4.43. The Morgan fingerprint density at radius 1 is 0.923 bits per heavy atom. The Hall–Kier alpha value is -3.60. The minimum absolute atomic E-state index is 0.450. The van der Waals surface area contributed by atoms with Crippen molar-refractivity contribution in [3.8, 4) is 0 Å². The average molecular weight is 340 g/mol. The van der Waals surface area contributed by atoms with Crippen LogP contribution in [0.15, 0.2) is 85.5 Å². The molecule has 0 amide bonds. The summed E-state index contributed by atoms with van der Waals surface area (Å²) in [7, 11) is 0. The maximum Gasteiger partial charge on any atom is 0.147 e. The largest absolute Gasteiger partial charge is 0.333 e. The van der Waals surface area contributed by atoms with Crippen LogP contribution >= 0.6 is 0 Å². The van der Waals surface area contributed by atoms with Gasteiger partial charge in [-0.15, -0.1) is 0 Å². The van der Waals surface area contributed by atoms with E-state index in [4.69, 9.17) is 0 Å². The topological polar surface area (TPSA) is 59.0 Å². The first-order chi connectivity index (χ1) is 12.9. The van der Waals surface area contributed by atoms with E-state index in [2.05, 4.69) is 15.2 Å². The van der Waals surface area contributed by atoms with Gasteiger partial charge in [0.1, 0.15) is 12.3 Å². The van der Waals surface area contributed by atoms with E-state index >= 15 is 0 Å². The Morgan fingerprint density at radius 2 is 1.77 bits per heavy atom. The zero-order valence-electron chi connectivity index (χ0n) is 13.9. The number of hydrogen-bond donors (Lipinski definition) is 0. The third kappa shape index (κ3) is 3.02. The molecule has 2 aromatic heterocycles. The molecule has 126 valence electrons. The van der Waals surface area contributed by atoms with Crippen molar-refractivity contribution in [2.45, 2.75) is 6.04 Å². The fraction of sp³-hybridized carbons (Fsp3) is 0.0476. The molecule has 1 aliphatic rings. The highest BCUT2D eigenvalue weighted by molar-refractivity contribution is 5.97. The summed E-state index contributed by atoms with van der Waals surface area (Å²) in [5, 5.41) is 7.80. The van der Waals surface area contributed by atoms with Crippen LogP contribution in [-0.4, -0.2) is 27.5 Å². The number of aldehydes is 1. The number of carbonyl (C=O) groups excluding carboxylic acids is 1. The molecule has 1 unspecified atom stereocenters. The van der Waals surface area contributed by atoms with Gasteiger partial charge in [-0.1, -0.05) is 24.3 Å². The van der Waals surface area contributed by atoms with Crippen molar-refractivity contribution in [2.24, 2.45) is 0 Å². The Kier molecular flexibility index (Phi) is 4.35. The van der Waals surface area contributed by atoms with Gasteiger partial charge in [0.15, 0.2) is 0 Å².